The van der Waals surface area contributed by atoms with Gasteiger partial charge in [-0.15, -0.1) is 0 Å². The maximum Gasteiger partial charge on any atom is 0.175 e. The van der Waals surface area contributed by atoms with Crippen LogP contribution in [0.25, 0.3) is 11.1 Å². The molecule has 126 valence electrons. The van der Waals surface area contributed by atoms with E-state index in [4.69, 9.17) is 33.9 Å². The molecular weight excluding hydrogens is 355 g/mol. The first kappa shape index (κ1) is 16.2. The van der Waals surface area contributed by atoms with Crippen molar-refractivity contribution in [3.8, 4) is 11.1 Å². The Morgan fingerprint density at radius 3 is 2.60 bits per heavy atom. The molecule has 4 rings (SSSR count). The smallest absolute Gasteiger partial charge is 0.175 e. The van der Waals surface area contributed by atoms with Crippen LogP contribution < -0.4 is 5.73 Å². The molecule has 2 heterocycles. The van der Waals surface area contributed by atoms with E-state index in [1.54, 1.807) is 12.3 Å². The Kier molecular flexibility index (Phi) is 3.82. The fraction of sp³-hybridized carbons (Fsp3) is 0.158. The predicted molar refractivity (Wildman–Crippen MR) is 102 cm³/mol. The molecule has 6 heteroatoms. The van der Waals surface area contributed by atoms with Gasteiger partial charge in [-0.3, -0.25) is 4.99 Å². The second-order valence-electron chi connectivity index (χ2n) is 6.39. The largest absolute Gasteiger partial charge is 0.381 e. The van der Waals surface area contributed by atoms with Gasteiger partial charge in [-0.25, -0.2) is 4.98 Å². The number of amidine groups is 1. The van der Waals surface area contributed by atoms with Gasteiger partial charge in [-0.05, 0) is 47.9 Å². The van der Waals surface area contributed by atoms with Crippen molar-refractivity contribution in [1.29, 1.82) is 0 Å². The summed E-state index contributed by atoms with van der Waals surface area (Å²) in [6.07, 6.45) is 3.67. The first-order valence-corrected chi connectivity index (χ1v) is 8.64. The maximum atomic E-state index is 6.15. The highest BCUT2D eigenvalue weighted by Crippen LogP contribution is 2.34. The highest BCUT2D eigenvalue weighted by atomic mass is 35.5. The molecule has 25 heavy (non-hydrogen) atoms. The predicted octanol–water partition coefficient (Wildman–Crippen LogP) is 4.49. The summed E-state index contributed by atoms with van der Waals surface area (Å²) in [5, 5.41) is 1.23. The van der Waals surface area contributed by atoms with Gasteiger partial charge < -0.3 is 10.3 Å². The minimum Gasteiger partial charge on any atom is -0.381 e. The summed E-state index contributed by atoms with van der Waals surface area (Å²) in [5.41, 5.74) is 8.74. The fourth-order valence-electron chi connectivity index (χ4n) is 3.26. The summed E-state index contributed by atoms with van der Waals surface area (Å²) in [6.45, 7) is 2.76. The lowest BCUT2D eigenvalue weighted by Crippen LogP contribution is -2.37. The van der Waals surface area contributed by atoms with Gasteiger partial charge in [0.05, 0.1) is 6.54 Å². The number of benzene rings is 2. The number of rotatable bonds is 2. The number of nitrogens with two attached hydrogens (primary N) is 1. The van der Waals surface area contributed by atoms with Crippen LogP contribution in [0, 0.1) is 0 Å². The van der Waals surface area contributed by atoms with Gasteiger partial charge in [0.1, 0.15) is 5.54 Å². The number of fused-ring (bicyclic) bond motifs is 1. The molecule has 0 fully saturated rings. The Labute approximate surface area is 155 Å². The van der Waals surface area contributed by atoms with Crippen LogP contribution in [-0.2, 0) is 12.1 Å². The van der Waals surface area contributed by atoms with Crippen molar-refractivity contribution in [1.82, 2.24) is 9.55 Å². The fourth-order valence-corrected chi connectivity index (χ4v) is 3.79. The average Bonchev–Trinajstić information content (AvgIpc) is 3.02. The summed E-state index contributed by atoms with van der Waals surface area (Å²) in [5.74, 6) is 1.17. The molecule has 1 aliphatic rings. The Hall–Kier alpha value is -2.30. The van der Waals surface area contributed by atoms with Crippen LogP contribution in [0.3, 0.4) is 0 Å². The van der Waals surface area contributed by atoms with E-state index >= 15 is 0 Å². The van der Waals surface area contributed by atoms with Crippen molar-refractivity contribution in [2.24, 2.45) is 10.7 Å². The quantitative estimate of drug-likeness (QED) is 0.722. The van der Waals surface area contributed by atoms with Gasteiger partial charge in [0, 0.05) is 22.4 Å². The van der Waals surface area contributed by atoms with E-state index in [0.29, 0.717) is 22.4 Å². The van der Waals surface area contributed by atoms with Crippen LogP contribution in [0.15, 0.2) is 59.9 Å². The lowest BCUT2D eigenvalue weighted by molar-refractivity contribution is 0.400. The summed E-state index contributed by atoms with van der Waals surface area (Å²) >= 11 is 12.3. The molecular formula is C19H16Cl2N4. The molecule has 1 atom stereocenters. The summed E-state index contributed by atoms with van der Waals surface area (Å²) < 4.78 is 2.03. The highest BCUT2D eigenvalue weighted by molar-refractivity contribution is 6.35. The van der Waals surface area contributed by atoms with Crippen LogP contribution in [0.4, 0.5) is 0 Å². The standard InChI is InChI=1S/C19H16Cl2N4/c1-19(11-25-6-5-23-18(25)17(22)24-19)14-4-2-3-12(7-14)13-8-15(20)10-16(21)9-13/h2-10H,11H2,1H3,(H2,22,24)/t19-/m0/s1. The number of aromatic nitrogens is 2. The number of hydrogen-bond donors (Lipinski definition) is 1. The van der Waals surface area contributed by atoms with Gasteiger partial charge in [0.15, 0.2) is 11.7 Å². The third-order valence-corrected chi connectivity index (χ3v) is 4.91. The lowest BCUT2D eigenvalue weighted by Gasteiger charge is -2.31. The zero-order chi connectivity index (χ0) is 17.6. The molecule has 0 saturated carbocycles. The molecule has 0 amide bonds. The normalized spacial score (nSPS) is 19.4. The number of imidazole rings is 1. The van der Waals surface area contributed by atoms with Crippen LogP contribution >= 0.6 is 23.2 Å². The Balaban J connectivity index is 1.78. The molecule has 0 unspecified atom stereocenters. The molecule has 0 radical (unpaired) electrons. The first-order chi connectivity index (χ1) is 11.9. The molecule has 2 aromatic carbocycles. The van der Waals surface area contributed by atoms with Crippen LogP contribution in [0.1, 0.15) is 18.3 Å². The van der Waals surface area contributed by atoms with E-state index in [-0.39, 0.29) is 0 Å². The summed E-state index contributed by atoms with van der Waals surface area (Å²) in [6, 6.07) is 13.8. The van der Waals surface area contributed by atoms with Gasteiger partial charge in [0.2, 0.25) is 0 Å². The van der Waals surface area contributed by atoms with Crippen LogP contribution in [-0.4, -0.2) is 15.4 Å². The highest BCUT2D eigenvalue weighted by Gasteiger charge is 2.32. The zero-order valence-electron chi connectivity index (χ0n) is 13.6. The van der Waals surface area contributed by atoms with Crippen molar-refractivity contribution in [2.45, 2.75) is 19.0 Å². The van der Waals surface area contributed by atoms with Gasteiger partial charge >= 0.3 is 0 Å². The third-order valence-electron chi connectivity index (χ3n) is 4.47. The molecule has 0 saturated heterocycles. The van der Waals surface area contributed by atoms with E-state index in [9.17, 15) is 0 Å². The van der Waals surface area contributed by atoms with E-state index in [1.807, 2.05) is 35.0 Å². The van der Waals surface area contributed by atoms with Crippen molar-refractivity contribution >= 4 is 29.0 Å². The monoisotopic (exact) mass is 370 g/mol. The maximum absolute atomic E-state index is 6.15. The minimum atomic E-state index is -0.462. The van der Waals surface area contributed by atoms with E-state index in [2.05, 4.69) is 24.0 Å². The second-order valence-corrected chi connectivity index (χ2v) is 7.26. The molecule has 0 spiro atoms. The third kappa shape index (κ3) is 2.92. The first-order valence-electron chi connectivity index (χ1n) is 7.88. The van der Waals surface area contributed by atoms with Crippen LogP contribution in [0.2, 0.25) is 10.0 Å². The van der Waals surface area contributed by atoms with Crippen LogP contribution in [0.5, 0.6) is 0 Å². The molecule has 0 bridgehead atoms. The number of aliphatic imine (C=N–C) groups is 1. The molecule has 0 aliphatic carbocycles. The van der Waals surface area contributed by atoms with Crippen molar-refractivity contribution in [3.63, 3.8) is 0 Å². The van der Waals surface area contributed by atoms with Crippen molar-refractivity contribution in [3.05, 3.63) is 76.3 Å². The zero-order valence-corrected chi connectivity index (χ0v) is 15.1. The molecule has 1 aliphatic heterocycles. The van der Waals surface area contributed by atoms with Gasteiger partial charge in [-0.2, -0.15) is 0 Å². The van der Waals surface area contributed by atoms with E-state index in [0.717, 1.165) is 22.5 Å². The van der Waals surface area contributed by atoms with E-state index in [1.165, 1.54) is 0 Å². The summed E-state index contributed by atoms with van der Waals surface area (Å²) in [4.78, 5) is 8.99. The molecule has 3 aromatic rings. The second kappa shape index (κ2) is 5.90. The Morgan fingerprint density at radius 1 is 1.08 bits per heavy atom. The van der Waals surface area contributed by atoms with Gasteiger partial charge in [-0.1, -0.05) is 41.4 Å². The topological polar surface area (TPSA) is 56.2 Å². The minimum absolute atomic E-state index is 0.454. The number of halogens is 2. The van der Waals surface area contributed by atoms with Gasteiger partial charge in [0.25, 0.3) is 0 Å². The number of hydrogen-bond acceptors (Lipinski definition) is 3. The Morgan fingerprint density at radius 2 is 1.84 bits per heavy atom. The molecule has 1 aromatic heterocycles. The molecule has 2 N–H and O–H groups in total. The SMILES string of the molecule is C[C@@]1(c2cccc(-c3cc(Cl)cc(Cl)c3)c2)Cn2ccnc2C(N)=N1. The van der Waals surface area contributed by atoms with Crippen molar-refractivity contribution < 1.29 is 0 Å². The summed E-state index contributed by atoms with van der Waals surface area (Å²) in [7, 11) is 0. The lowest BCUT2D eigenvalue weighted by atomic mass is 9.89. The average molecular weight is 371 g/mol. The van der Waals surface area contributed by atoms with E-state index < -0.39 is 5.54 Å². The molecule has 4 nitrogen and oxygen atoms in total. The van der Waals surface area contributed by atoms with Crippen molar-refractivity contribution in [2.75, 3.05) is 0 Å². The number of nitrogens with zero attached hydrogens (tertiary/aromatic N) is 3. The Bertz CT molecular complexity index is 972.